The van der Waals surface area contributed by atoms with E-state index < -0.39 is 0 Å². The van der Waals surface area contributed by atoms with Gasteiger partial charge in [0.25, 0.3) is 0 Å². The Bertz CT molecular complexity index is 480. The van der Waals surface area contributed by atoms with Crippen molar-refractivity contribution >= 4 is 5.91 Å². The van der Waals surface area contributed by atoms with Crippen LogP contribution in [0.4, 0.5) is 0 Å². The second-order valence-electron chi connectivity index (χ2n) is 6.15. The van der Waals surface area contributed by atoms with Gasteiger partial charge in [0.05, 0.1) is 12.2 Å². The Morgan fingerprint density at radius 1 is 1.38 bits per heavy atom. The van der Waals surface area contributed by atoms with E-state index in [1.807, 2.05) is 20.9 Å². The van der Waals surface area contributed by atoms with Gasteiger partial charge in [-0.25, -0.2) is 0 Å². The summed E-state index contributed by atoms with van der Waals surface area (Å²) in [7, 11) is 6.05. The van der Waals surface area contributed by atoms with E-state index in [0.717, 1.165) is 36.7 Å². The zero-order valence-electron chi connectivity index (χ0n) is 13.7. The third-order valence-electron chi connectivity index (χ3n) is 4.39. The number of carbonyl (C=O) groups is 1. The van der Waals surface area contributed by atoms with Crippen LogP contribution in [0.2, 0.25) is 0 Å². The number of amides is 1. The van der Waals surface area contributed by atoms with Crippen molar-refractivity contribution < 1.29 is 9.32 Å². The first kappa shape index (κ1) is 16.0. The summed E-state index contributed by atoms with van der Waals surface area (Å²) in [5.74, 6) is 0.962. The highest BCUT2D eigenvalue weighted by molar-refractivity contribution is 5.76. The fourth-order valence-electron chi connectivity index (χ4n) is 2.73. The van der Waals surface area contributed by atoms with Crippen molar-refractivity contribution in [3.8, 4) is 0 Å². The Labute approximate surface area is 126 Å². The Kier molecular flexibility index (Phi) is 5.00. The lowest BCUT2D eigenvalue weighted by Crippen LogP contribution is -2.51. The van der Waals surface area contributed by atoms with Crippen LogP contribution in [0, 0.1) is 13.8 Å². The number of nitrogens with zero attached hydrogens (tertiary/aromatic N) is 4. The third kappa shape index (κ3) is 3.83. The van der Waals surface area contributed by atoms with Gasteiger partial charge in [-0.3, -0.25) is 4.79 Å². The Morgan fingerprint density at radius 3 is 2.71 bits per heavy atom. The van der Waals surface area contributed by atoms with Gasteiger partial charge in [-0.15, -0.1) is 0 Å². The maximum Gasteiger partial charge on any atom is 0.224 e. The molecule has 2 rings (SSSR count). The maximum atomic E-state index is 12.4. The number of aryl methyl sites for hydroxylation is 2. The second-order valence-corrected chi connectivity index (χ2v) is 6.15. The molecule has 2 heterocycles. The average molecular weight is 294 g/mol. The van der Waals surface area contributed by atoms with Gasteiger partial charge in [0.15, 0.2) is 0 Å². The van der Waals surface area contributed by atoms with Crippen LogP contribution < -0.4 is 0 Å². The van der Waals surface area contributed by atoms with Crippen LogP contribution >= 0.6 is 0 Å². The first-order chi connectivity index (χ1) is 9.88. The molecule has 1 saturated heterocycles. The van der Waals surface area contributed by atoms with Crippen LogP contribution in [0.25, 0.3) is 0 Å². The number of hydrogen-bond donors (Lipinski definition) is 0. The number of hydrogen-bond acceptors (Lipinski definition) is 5. The average Bonchev–Trinajstić information content (AvgIpc) is 2.74. The molecule has 6 heteroatoms. The van der Waals surface area contributed by atoms with Crippen molar-refractivity contribution in [3.05, 3.63) is 17.0 Å². The molecule has 0 aromatic carbocycles. The summed E-state index contributed by atoms with van der Waals surface area (Å²) < 4.78 is 5.15. The molecule has 1 fully saturated rings. The molecule has 1 atom stereocenters. The zero-order valence-corrected chi connectivity index (χ0v) is 13.7. The van der Waals surface area contributed by atoms with Gasteiger partial charge in [-0.1, -0.05) is 5.16 Å². The standard InChI is InChI=1S/C15H26N4O2/c1-11-14(12(2)21-16-11)10-19(5)15(20)8-13-9-17(3)6-7-18(13)4/h13H,6-10H2,1-5H3/t13-/m0/s1. The summed E-state index contributed by atoms with van der Waals surface area (Å²) in [6, 6.07) is 0.295. The Balaban J connectivity index is 1.93. The molecule has 21 heavy (non-hydrogen) atoms. The van der Waals surface area contributed by atoms with E-state index >= 15 is 0 Å². The summed E-state index contributed by atoms with van der Waals surface area (Å²) in [4.78, 5) is 18.8. The highest BCUT2D eigenvalue weighted by Gasteiger charge is 2.26. The molecule has 0 radical (unpaired) electrons. The van der Waals surface area contributed by atoms with E-state index in [2.05, 4.69) is 29.1 Å². The van der Waals surface area contributed by atoms with E-state index in [0.29, 0.717) is 19.0 Å². The monoisotopic (exact) mass is 294 g/mol. The van der Waals surface area contributed by atoms with Crippen molar-refractivity contribution in [2.24, 2.45) is 0 Å². The van der Waals surface area contributed by atoms with E-state index in [4.69, 9.17) is 4.52 Å². The maximum absolute atomic E-state index is 12.4. The summed E-state index contributed by atoms with van der Waals surface area (Å²) in [5.41, 5.74) is 1.88. The lowest BCUT2D eigenvalue weighted by Gasteiger charge is -2.38. The van der Waals surface area contributed by atoms with Crippen molar-refractivity contribution in [3.63, 3.8) is 0 Å². The third-order valence-corrected chi connectivity index (χ3v) is 4.39. The van der Waals surface area contributed by atoms with Gasteiger partial charge >= 0.3 is 0 Å². The molecule has 118 valence electrons. The van der Waals surface area contributed by atoms with Gasteiger partial charge in [0, 0.05) is 44.7 Å². The molecular weight excluding hydrogens is 268 g/mol. The van der Waals surface area contributed by atoms with Crippen molar-refractivity contribution in [1.82, 2.24) is 19.9 Å². The fourth-order valence-corrected chi connectivity index (χ4v) is 2.73. The minimum atomic E-state index is 0.169. The van der Waals surface area contributed by atoms with Crippen molar-refractivity contribution in [1.29, 1.82) is 0 Å². The topological polar surface area (TPSA) is 52.8 Å². The first-order valence-electron chi connectivity index (χ1n) is 7.43. The summed E-state index contributed by atoms with van der Waals surface area (Å²) in [6.45, 7) is 7.39. The van der Waals surface area contributed by atoms with E-state index in [1.54, 1.807) is 4.90 Å². The van der Waals surface area contributed by atoms with Crippen LogP contribution in [-0.4, -0.2) is 72.6 Å². The van der Waals surface area contributed by atoms with E-state index in [1.165, 1.54) is 0 Å². The molecule has 1 aliphatic rings. The van der Waals surface area contributed by atoms with Crippen LogP contribution in [0.5, 0.6) is 0 Å². The van der Waals surface area contributed by atoms with Gasteiger partial charge in [-0.05, 0) is 27.9 Å². The van der Waals surface area contributed by atoms with Gasteiger partial charge in [0.2, 0.25) is 5.91 Å². The lowest BCUT2D eigenvalue weighted by molar-refractivity contribution is -0.132. The number of carbonyl (C=O) groups excluding carboxylic acids is 1. The number of aromatic nitrogens is 1. The summed E-state index contributed by atoms with van der Waals surface area (Å²) in [5, 5.41) is 3.94. The number of piperazine rings is 1. The normalized spacial score (nSPS) is 20.7. The van der Waals surface area contributed by atoms with Crippen molar-refractivity contribution in [2.75, 3.05) is 40.8 Å². The lowest BCUT2D eigenvalue weighted by atomic mass is 10.1. The smallest absolute Gasteiger partial charge is 0.224 e. The minimum absolute atomic E-state index is 0.169. The first-order valence-corrected chi connectivity index (χ1v) is 7.43. The molecule has 1 aromatic rings. The molecule has 0 N–H and O–H groups in total. The molecule has 0 saturated carbocycles. The second kappa shape index (κ2) is 6.58. The molecule has 0 spiro atoms. The minimum Gasteiger partial charge on any atom is -0.361 e. The van der Waals surface area contributed by atoms with Crippen LogP contribution in [-0.2, 0) is 11.3 Å². The molecule has 1 aromatic heterocycles. The molecule has 0 aliphatic carbocycles. The molecule has 1 amide bonds. The van der Waals surface area contributed by atoms with E-state index in [-0.39, 0.29) is 5.91 Å². The summed E-state index contributed by atoms with van der Waals surface area (Å²) >= 11 is 0. The predicted octanol–water partition coefficient (Wildman–Crippen LogP) is 0.886. The van der Waals surface area contributed by atoms with Crippen molar-refractivity contribution in [2.45, 2.75) is 32.9 Å². The molecular formula is C15H26N4O2. The van der Waals surface area contributed by atoms with Crippen LogP contribution in [0.15, 0.2) is 4.52 Å². The number of rotatable bonds is 4. The Morgan fingerprint density at radius 2 is 2.10 bits per heavy atom. The fraction of sp³-hybridized carbons (Fsp3) is 0.733. The van der Waals surface area contributed by atoms with Gasteiger partial charge < -0.3 is 19.2 Å². The molecule has 0 bridgehead atoms. The zero-order chi connectivity index (χ0) is 15.6. The molecule has 6 nitrogen and oxygen atoms in total. The van der Waals surface area contributed by atoms with Crippen LogP contribution in [0.3, 0.4) is 0 Å². The summed E-state index contributed by atoms with van der Waals surface area (Å²) in [6.07, 6.45) is 0.556. The van der Waals surface area contributed by atoms with Gasteiger partial charge in [0.1, 0.15) is 5.76 Å². The highest BCUT2D eigenvalue weighted by Crippen LogP contribution is 2.16. The SMILES string of the molecule is Cc1noc(C)c1CN(C)C(=O)C[C@H]1CN(C)CCN1C. The van der Waals surface area contributed by atoms with E-state index in [9.17, 15) is 4.79 Å². The predicted molar refractivity (Wildman–Crippen MR) is 81.0 cm³/mol. The van der Waals surface area contributed by atoms with Gasteiger partial charge in [-0.2, -0.15) is 0 Å². The molecule has 0 unspecified atom stereocenters. The Hall–Kier alpha value is -1.40. The van der Waals surface area contributed by atoms with Crippen LogP contribution in [0.1, 0.15) is 23.4 Å². The largest absolute Gasteiger partial charge is 0.361 e. The highest BCUT2D eigenvalue weighted by atomic mass is 16.5. The number of likely N-dealkylation sites (N-methyl/N-ethyl adjacent to an activating group) is 2. The quantitative estimate of drug-likeness (QED) is 0.825. The molecule has 1 aliphatic heterocycles.